The number of H-pyrrole nitrogens is 1. The SMILES string of the molecule is CC(C)[C@H](O)C(=O)N[C@H]1Cc2ccc3c(c2)[C@]24c5cccc(c5N[C@H]2O3)-c2cccc3[nH]cc(c23)-c2cnc(o2)-c2nc(oc24)[C@H](C(C)C)NC1=O. The van der Waals surface area contributed by atoms with Crippen LogP contribution in [0.5, 0.6) is 5.75 Å². The topological polar surface area (TPSA) is 168 Å². The standard InChI is InChI=1S/C40H36N6O6/c1-17(2)30-38-45-32-34(52-38)40-23-9-5-8-21(20-7-6-10-25-29(20)22(15-41-25)28-16-42-37(32)50-28)31(23)46-39(40)51-27-12-11-19(13-24(27)40)14-26(35(48)44-30)43-36(49)33(47)18(3)4/h5-13,15-18,26,30,33,39,41,46-47H,14H2,1-4H3,(H,43,49)(H,44,48)/t26-,30-,33-,39-,40-/m0/s1. The number of aliphatic hydroxyl groups excluding tert-OH is 1. The number of benzene rings is 3. The number of rotatable bonds is 4. The van der Waals surface area contributed by atoms with E-state index in [4.69, 9.17) is 23.5 Å². The van der Waals surface area contributed by atoms with Gasteiger partial charge < -0.3 is 39.6 Å². The van der Waals surface area contributed by atoms with Crippen LogP contribution in [0.15, 0.2) is 75.8 Å². The van der Waals surface area contributed by atoms with Gasteiger partial charge in [-0.3, -0.25) is 9.59 Å². The predicted octanol–water partition coefficient (Wildman–Crippen LogP) is 5.81. The average Bonchev–Trinajstić information content (AvgIpc) is 3.95. The van der Waals surface area contributed by atoms with Crippen molar-refractivity contribution in [2.45, 2.75) is 63.9 Å². The number of anilines is 1. The van der Waals surface area contributed by atoms with Crippen LogP contribution in [0.25, 0.3) is 44.9 Å². The first-order valence-corrected chi connectivity index (χ1v) is 17.7. The summed E-state index contributed by atoms with van der Waals surface area (Å²) in [6.07, 6.45) is 1.90. The Balaban J connectivity index is 1.28. The summed E-state index contributed by atoms with van der Waals surface area (Å²) in [6.45, 7) is 7.44. The molecule has 52 heavy (non-hydrogen) atoms. The number of para-hydroxylation sites is 1. The van der Waals surface area contributed by atoms with Crippen LogP contribution < -0.4 is 20.7 Å². The maximum absolute atomic E-state index is 14.1. The third-order valence-electron chi connectivity index (χ3n) is 11.0. The number of amides is 2. The lowest BCUT2D eigenvalue weighted by atomic mass is 9.72. The van der Waals surface area contributed by atoms with Gasteiger partial charge in [0.05, 0.1) is 6.20 Å². The molecule has 2 amide bonds. The first-order valence-electron chi connectivity index (χ1n) is 17.7. The van der Waals surface area contributed by atoms with E-state index in [1.165, 1.54) is 0 Å². The van der Waals surface area contributed by atoms with Crippen molar-refractivity contribution in [3.8, 4) is 39.8 Å². The van der Waals surface area contributed by atoms with Crippen molar-refractivity contribution < 1.29 is 28.3 Å². The second kappa shape index (κ2) is 10.8. The van der Waals surface area contributed by atoms with E-state index in [1.54, 1.807) is 20.0 Å². The first-order chi connectivity index (χ1) is 25.1. The van der Waals surface area contributed by atoms with Gasteiger partial charge in [0.15, 0.2) is 23.4 Å². The van der Waals surface area contributed by atoms with Crippen molar-refractivity contribution in [2.24, 2.45) is 11.8 Å². The van der Waals surface area contributed by atoms with Gasteiger partial charge >= 0.3 is 0 Å². The number of hydrogen-bond acceptors (Lipinski definition) is 9. The van der Waals surface area contributed by atoms with E-state index in [2.05, 4.69) is 45.2 Å². The molecule has 10 rings (SSSR count). The monoisotopic (exact) mass is 696 g/mol. The zero-order valence-corrected chi connectivity index (χ0v) is 28.9. The van der Waals surface area contributed by atoms with Crippen LogP contribution in [0, 0.1) is 11.8 Å². The van der Waals surface area contributed by atoms with Crippen LogP contribution >= 0.6 is 0 Å². The lowest BCUT2D eigenvalue weighted by Crippen LogP contribution is -2.52. The largest absolute Gasteiger partial charge is 0.469 e. The molecule has 7 heterocycles. The van der Waals surface area contributed by atoms with Crippen LogP contribution in [-0.2, 0) is 21.4 Å². The molecule has 0 aliphatic carbocycles. The number of aromatic amines is 1. The molecule has 0 radical (unpaired) electrons. The molecule has 12 nitrogen and oxygen atoms in total. The van der Waals surface area contributed by atoms with E-state index >= 15 is 0 Å². The molecular formula is C40H36N6O6. The Morgan fingerprint density at radius 2 is 1.83 bits per heavy atom. The molecule has 4 aliphatic heterocycles. The maximum Gasteiger partial charge on any atom is 0.249 e. The summed E-state index contributed by atoms with van der Waals surface area (Å²) in [5, 5.41) is 21.3. The van der Waals surface area contributed by atoms with Crippen LogP contribution in [0.2, 0.25) is 0 Å². The van der Waals surface area contributed by atoms with Gasteiger partial charge in [-0.1, -0.05) is 70.2 Å². The molecular weight excluding hydrogens is 660 g/mol. The number of ether oxygens (including phenoxy) is 1. The molecule has 262 valence electrons. The Hall–Kier alpha value is -5.88. The van der Waals surface area contributed by atoms with E-state index in [1.807, 2.05) is 50.4 Å². The van der Waals surface area contributed by atoms with Crippen molar-refractivity contribution in [3.05, 3.63) is 95.3 Å². The fraction of sp³-hybridized carbons (Fsp3) is 0.300. The molecule has 0 unspecified atom stereocenters. The number of fused-ring (bicyclic) bond motifs is 7. The van der Waals surface area contributed by atoms with Gasteiger partial charge in [-0.05, 0) is 35.1 Å². The first kappa shape index (κ1) is 30.9. The highest BCUT2D eigenvalue weighted by atomic mass is 16.5. The van der Waals surface area contributed by atoms with Crippen molar-refractivity contribution in [2.75, 3.05) is 5.32 Å². The second-order valence-corrected chi connectivity index (χ2v) is 14.9. The molecule has 1 spiro atoms. The maximum atomic E-state index is 14.1. The van der Waals surface area contributed by atoms with Crippen molar-refractivity contribution >= 4 is 28.4 Å². The molecule has 5 N–H and O–H groups in total. The number of carbonyl (C=O) groups excluding carboxylic acids is 2. The normalized spacial score (nSPS) is 22.6. The summed E-state index contributed by atoms with van der Waals surface area (Å²) in [6, 6.07) is 16.6. The Bertz CT molecular complexity index is 2480. The van der Waals surface area contributed by atoms with Crippen LogP contribution in [-0.4, -0.2) is 50.2 Å². The quantitative estimate of drug-likeness (QED) is 0.153. The van der Waals surface area contributed by atoms with Crippen molar-refractivity contribution in [1.29, 1.82) is 0 Å². The highest BCUT2D eigenvalue weighted by molar-refractivity contribution is 6.07. The summed E-state index contributed by atoms with van der Waals surface area (Å²) >= 11 is 0. The smallest absolute Gasteiger partial charge is 0.249 e. The van der Waals surface area contributed by atoms with E-state index in [-0.39, 0.29) is 30.0 Å². The minimum absolute atomic E-state index is 0.169. The Kier molecular flexibility index (Phi) is 6.43. The van der Waals surface area contributed by atoms with Gasteiger partial charge in [0.2, 0.25) is 23.6 Å². The predicted molar refractivity (Wildman–Crippen MR) is 191 cm³/mol. The molecule has 12 heteroatoms. The number of aromatic nitrogens is 3. The zero-order chi connectivity index (χ0) is 35.6. The minimum Gasteiger partial charge on any atom is -0.469 e. The fourth-order valence-corrected chi connectivity index (χ4v) is 8.42. The highest BCUT2D eigenvalue weighted by Crippen LogP contribution is 2.61. The molecule has 10 bridgehead atoms. The van der Waals surface area contributed by atoms with Gasteiger partial charge in [0.1, 0.15) is 29.4 Å². The van der Waals surface area contributed by atoms with Crippen LogP contribution in [0.1, 0.15) is 62.1 Å². The lowest BCUT2D eigenvalue weighted by molar-refractivity contribution is -0.135. The molecule has 4 aliphatic rings. The van der Waals surface area contributed by atoms with Crippen molar-refractivity contribution in [3.63, 3.8) is 0 Å². The van der Waals surface area contributed by atoms with Crippen molar-refractivity contribution in [1.82, 2.24) is 25.6 Å². The zero-order valence-electron chi connectivity index (χ0n) is 28.9. The molecule has 0 saturated heterocycles. The number of nitrogens with zero attached hydrogens (tertiary/aromatic N) is 2. The van der Waals surface area contributed by atoms with E-state index in [0.717, 1.165) is 50.0 Å². The number of aliphatic hydroxyl groups is 1. The third-order valence-corrected chi connectivity index (χ3v) is 11.0. The number of hydrogen-bond donors (Lipinski definition) is 5. The van der Waals surface area contributed by atoms with Gasteiger partial charge in [0.25, 0.3) is 0 Å². The summed E-state index contributed by atoms with van der Waals surface area (Å²) < 4.78 is 20.4. The third kappa shape index (κ3) is 4.12. The summed E-state index contributed by atoms with van der Waals surface area (Å²) in [5.74, 6) is 0.694. The molecule has 0 fully saturated rings. The van der Waals surface area contributed by atoms with E-state index in [0.29, 0.717) is 23.0 Å². The Labute approximate surface area is 298 Å². The number of carbonyl (C=O) groups is 2. The molecule has 5 atom stereocenters. The Morgan fingerprint density at radius 1 is 1.00 bits per heavy atom. The second-order valence-electron chi connectivity index (χ2n) is 14.9. The number of oxazole rings is 2. The van der Waals surface area contributed by atoms with E-state index in [9.17, 15) is 14.7 Å². The van der Waals surface area contributed by atoms with Gasteiger partial charge in [-0.2, -0.15) is 0 Å². The molecule has 3 aromatic heterocycles. The van der Waals surface area contributed by atoms with Gasteiger partial charge in [-0.25, -0.2) is 9.97 Å². The molecule has 6 aromatic rings. The Morgan fingerprint density at radius 3 is 2.65 bits per heavy atom. The average molecular weight is 697 g/mol. The summed E-state index contributed by atoms with van der Waals surface area (Å²) in [5.41, 5.74) is 6.61. The minimum atomic E-state index is -1.28. The molecule has 3 aromatic carbocycles. The summed E-state index contributed by atoms with van der Waals surface area (Å²) in [7, 11) is 0. The highest BCUT2D eigenvalue weighted by Gasteiger charge is 2.61. The lowest BCUT2D eigenvalue weighted by Gasteiger charge is -2.29. The van der Waals surface area contributed by atoms with Crippen LogP contribution in [0.3, 0.4) is 0 Å². The van der Waals surface area contributed by atoms with E-state index < -0.39 is 41.6 Å². The van der Waals surface area contributed by atoms with Crippen LogP contribution in [0.4, 0.5) is 5.69 Å². The van der Waals surface area contributed by atoms with Gasteiger partial charge in [-0.15, -0.1) is 0 Å². The van der Waals surface area contributed by atoms with Gasteiger partial charge in [0, 0.05) is 51.5 Å². The fourth-order valence-electron chi connectivity index (χ4n) is 8.42. The summed E-state index contributed by atoms with van der Waals surface area (Å²) in [4.78, 5) is 40.6. The molecule has 0 saturated carbocycles. The number of nitrogens with one attached hydrogen (secondary N) is 4.